The van der Waals surface area contributed by atoms with E-state index in [0.717, 1.165) is 45.7 Å². The van der Waals surface area contributed by atoms with Gasteiger partial charge in [-0.25, -0.2) is 9.97 Å². The Morgan fingerprint density at radius 1 is 0.897 bits per heavy atom. The lowest BCUT2D eigenvalue weighted by Gasteiger charge is -2.34. The number of fused-ring (bicyclic) bond motifs is 2. The molecule has 2 saturated heterocycles. The molecule has 2 atom stereocenters. The summed E-state index contributed by atoms with van der Waals surface area (Å²) in [4.78, 5) is 13.9. The zero-order chi connectivity index (χ0) is 19.8. The standard InChI is InChI=1S/C24H21ClN4/c1-28-15-18-12-24(28)29(16-18)23-11-3-17(13-27-23)2-9-22-10-6-20(14-26-22)19-4-7-21(25)8-5-19/h3-8,10-11,13-14,18,24H,12,15-16H2,1H3/t18-,24-/m0/s1. The largest absolute Gasteiger partial charge is 0.341 e. The molecule has 2 aromatic heterocycles. The number of anilines is 1. The molecule has 4 heterocycles. The van der Waals surface area contributed by atoms with Gasteiger partial charge in [0.15, 0.2) is 0 Å². The van der Waals surface area contributed by atoms with E-state index in [0.29, 0.717) is 6.17 Å². The first kappa shape index (κ1) is 18.2. The summed E-state index contributed by atoms with van der Waals surface area (Å²) in [5.74, 6) is 8.11. The molecule has 5 heteroatoms. The molecule has 0 saturated carbocycles. The van der Waals surface area contributed by atoms with Gasteiger partial charge < -0.3 is 4.90 Å². The highest BCUT2D eigenvalue weighted by atomic mass is 35.5. The zero-order valence-corrected chi connectivity index (χ0v) is 17.0. The normalized spacial score (nSPS) is 20.6. The van der Waals surface area contributed by atoms with Gasteiger partial charge in [-0.05, 0) is 61.2 Å². The summed E-state index contributed by atoms with van der Waals surface area (Å²) in [7, 11) is 2.20. The van der Waals surface area contributed by atoms with Gasteiger partial charge in [-0.2, -0.15) is 0 Å². The van der Waals surface area contributed by atoms with Crippen molar-refractivity contribution in [2.75, 3.05) is 25.0 Å². The Balaban J connectivity index is 1.28. The van der Waals surface area contributed by atoms with E-state index in [1.165, 1.54) is 13.0 Å². The van der Waals surface area contributed by atoms with Crippen molar-refractivity contribution in [3.8, 4) is 23.0 Å². The van der Waals surface area contributed by atoms with E-state index < -0.39 is 0 Å². The van der Waals surface area contributed by atoms with Crippen LogP contribution in [0.3, 0.4) is 0 Å². The first-order valence-corrected chi connectivity index (χ1v) is 10.2. The van der Waals surface area contributed by atoms with Crippen LogP contribution in [0.4, 0.5) is 5.82 Å². The average Bonchev–Trinajstić information content (AvgIpc) is 3.33. The number of benzene rings is 1. The number of pyridine rings is 2. The van der Waals surface area contributed by atoms with Gasteiger partial charge in [0.1, 0.15) is 11.5 Å². The molecule has 2 fully saturated rings. The topological polar surface area (TPSA) is 32.3 Å². The molecule has 0 spiro atoms. The molecular weight excluding hydrogens is 380 g/mol. The fourth-order valence-electron chi connectivity index (χ4n) is 4.27. The van der Waals surface area contributed by atoms with Gasteiger partial charge in [-0.1, -0.05) is 35.7 Å². The Morgan fingerprint density at radius 2 is 1.72 bits per heavy atom. The number of hydrogen-bond donors (Lipinski definition) is 0. The van der Waals surface area contributed by atoms with Crippen molar-refractivity contribution >= 4 is 17.4 Å². The summed E-state index contributed by atoms with van der Waals surface area (Å²) >= 11 is 5.95. The minimum Gasteiger partial charge on any atom is -0.341 e. The smallest absolute Gasteiger partial charge is 0.129 e. The number of rotatable bonds is 2. The van der Waals surface area contributed by atoms with Crippen LogP contribution in [0.25, 0.3) is 11.1 Å². The molecule has 2 aliphatic heterocycles. The maximum Gasteiger partial charge on any atom is 0.129 e. The van der Waals surface area contributed by atoms with Crippen LogP contribution in [-0.2, 0) is 0 Å². The van der Waals surface area contributed by atoms with E-state index in [1.54, 1.807) is 0 Å². The molecule has 4 nitrogen and oxygen atoms in total. The van der Waals surface area contributed by atoms with Gasteiger partial charge in [-0.3, -0.25) is 4.90 Å². The summed E-state index contributed by atoms with van der Waals surface area (Å²) in [5.41, 5.74) is 3.77. The van der Waals surface area contributed by atoms with Crippen molar-refractivity contribution in [3.05, 3.63) is 77.2 Å². The second-order valence-electron chi connectivity index (χ2n) is 7.77. The van der Waals surface area contributed by atoms with E-state index >= 15 is 0 Å². The van der Waals surface area contributed by atoms with E-state index in [4.69, 9.17) is 11.6 Å². The highest BCUT2D eigenvalue weighted by Crippen LogP contribution is 2.35. The first-order chi connectivity index (χ1) is 14.2. The molecule has 5 rings (SSSR count). The summed E-state index contributed by atoms with van der Waals surface area (Å²) < 4.78 is 0. The van der Waals surface area contributed by atoms with E-state index in [1.807, 2.05) is 54.9 Å². The van der Waals surface area contributed by atoms with Crippen molar-refractivity contribution < 1.29 is 0 Å². The molecule has 2 aliphatic rings. The highest BCUT2D eigenvalue weighted by molar-refractivity contribution is 6.30. The Morgan fingerprint density at radius 3 is 2.38 bits per heavy atom. The Labute approximate surface area is 176 Å². The summed E-state index contributed by atoms with van der Waals surface area (Å²) in [6.07, 6.45) is 5.44. The third kappa shape index (κ3) is 3.72. The lowest BCUT2D eigenvalue weighted by molar-refractivity contribution is 0.273. The molecule has 2 bridgehead atoms. The lowest BCUT2D eigenvalue weighted by Crippen LogP contribution is -2.45. The summed E-state index contributed by atoms with van der Waals surface area (Å²) in [5, 5.41) is 0.730. The minimum absolute atomic E-state index is 0.493. The predicted octanol–water partition coefficient (Wildman–Crippen LogP) is 4.29. The average molecular weight is 401 g/mol. The fourth-order valence-corrected chi connectivity index (χ4v) is 4.40. The molecule has 3 aromatic rings. The molecule has 0 radical (unpaired) electrons. The fraction of sp³-hybridized carbons (Fsp3) is 0.250. The van der Waals surface area contributed by atoms with Crippen molar-refractivity contribution in [1.82, 2.24) is 14.9 Å². The first-order valence-electron chi connectivity index (χ1n) is 9.83. The molecule has 0 unspecified atom stereocenters. The van der Waals surface area contributed by atoms with Crippen molar-refractivity contribution in [1.29, 1.82) is 0 Å². The summed E-state index contributed by atoms with van der Waals surface area (Å²) in [6, 6.07) is 15.8. The Kier molecular flexibility index (Phi) is 4.71. The van der Waals surface area contributed by atoms with E-state index in [9.17, 15) is 0 Å². The second-order valence-corrected chi connectivity index (χ2v) is 8.20. The number of aromatic nitrogens is 2. The van der Waals surface area contributed by atoms with Crippen LogP contribution in [0.2, 0.25) is 5.02 Å². The summed E-state index contributed by atoms with van der Waals surface area (Å²) in [6.45, 7) is 2.31. The van der Waals surface area contributed by atoms with Gasteiger partial charge in [0, 0.05) is 41.6 Å². The van der Waals surface area contributed by atoms with E-state index in [-0.39, 0.29) is 0 Å². The molecule has 0 amide bonds. The van der Waals surface area contributed by atoms with Gasteiger partial charge in [-0.15, -0.1) is 0 Å². The SMILES string of the molecule is CN1C[C@@H]2C[C@@H]1N(c1ccc(C#Cc3ccc(-c4ccc(Cl)cc4)cn3)cn1)C2. The third-order valence-corrected chi connectivity index (χ3v) is 5.98. The van der Waals surface area contributed by atoms with Gasteiger partial charge in [0.25, 0.3) is 0 Å². The van der Waals surface area contributed by atoms with Crippen molar-refractivity contribution in [2.24, 2.45) is 5.92 Å². The van der Waals surface area contributed by atoms with Crippen LogP contribution in [0.15, 0.2) is 60.9 Å². The molecule has 0 N–H and O–H groups in total. The quantitative estimate of drug-likeness (QED) is 0.600. The monoisotopic (exact) mass is 400 g/mol. The van der Waals surface area contributed by atoms with Crippen LogP contribution in [0.1, 0.15) is 17.7 Å². The predicted molar refractivity (Wildman–Crippen MR) is 117 cm³/mol. The molecule has 29 heavy (non-hydrogen) atoms. The van der Waals surface area contributed by atoms with Crippen LogP contribution in [0.5, 0.6) is 0 Å². The van der Waals surface area contributed by atoms with Crippen molar-refractivity contribution in [3.63, 3.8) is 0 Å². The van der Waals surface area contributed by atoms with Crippen LogP contribution >= 0.6 is 11.6 Å². The Hall–Kier alpha value is -2.87. The lowest BCUT2D eigenvalue weighted by atomic mass is 10.1. The second kappa shape index (κ2) is 7.51. The van der Waals surface area contributed by atoms with Crippen molar-refractivity contribution in [2.45, 2.75) is 12.6 Å². The molecular formula is C24H21ClN4. The number of nitrogens with zero attached hydrogens (tertiary/aromatic N) is 4. The maximum absolute atomic E-state index is 5.95. The Bertz CT molecular complexity index is 1070. The maximum atomic E-state index is 5.95. The van der Waals surface area contributed by atoms with E-state index in [2.05, 4.69) is 44.7 Å². The molecule has 1 aromatic carbocycles. The minimum atomic E-state index is 0.493. The number of likely N-dealkylation sites (tertiary alicyclic amines) is 1. The zero-order valence-electron chi connectivity index (χ0n) is 16.2. The van der Waals surface area contributed by atoms with Gasteiger partial charge in [0.05, 0.1) is 6.17 Å². The van der Waals surface area contributed by atoms with Gasteiger partial charge >= 0.3 is 0 Å². The molecule has 144 valence electrons. The van der Waals surface area contributed by atoms with Crippen LogP contribution < -0.4 is 4.90 Å². The highest BCUT2D eigenvalue weighted by Gasteiger charge is 2.41. The van der Waals surface area contributed by atoms with Crippen LogP contribution in [-0.4, -0.2) is 41.2 Å². The number of hydrogen-bond acceptors (Lipinski definition) is 4. The molecule has 0 aliphatic carbocycles. The number of halogens is 1. The third-order valence-electron chi connectivity index (χ3n) is 5.73. The van der Waals surface area contributed by atoms with Gasteiger partial charge in [0.2, 0.25) is 0 Å². The van der Waals surface area contributed by atoms with Crippen LogP contribution in [0, 0.1) is 17.8 Å².